The number of primary amides is 1. The maximum Gasteiger partial charge on any atom is 0.252 e. The van der Waals surface area contributed by atoms with Crippen molar-refractivity contribution in [2.24, 2.45) is 5.73 Å². The normalized spacial score (nSPS) is 10.8. The van der Waals surface area contributed by atoms with E-state index in [1.165, 1.54) is 0 Å². The standard InChI is InChI=1S/C10H10ClN3O/c1-2-7-9(10(12)15)8-5-6(11)3-4-14(8)13-7/h3-5H,2H2,1H3,(H2,12,15). The van der Waals surface area contributed by atoms with E-state index in [0.717, 1.165) is 0 Å². The van der Waals surface area contributed by atoms with Crippen LogP contribution < -0.4 is 5.73 Å². The van der Waals surface area contributed by atoms with Crippen LogP contribution in [0.4, 0.5) is 0 Å². The number of carbonyl (C=O) groups is 1. The first-order valence-corrected chi connectivity index (χ1v) is 4.98. The number of amides is 1. The van der Waals surface area contributed by atoms with Crippen LogP contribution in [0.3, 0.4) is 0 Å². The fraction of sp³-hybridized carbons (Fsp3) is 0.200. The van der Waals surface area contributed by atoms with E-state index < -0.39 is 5.91 Å². The fourth-order valence-corrected chi connectivity index (χ4v) is 1.74. The van der Waals surface area contributed by atoms with Crippen LogP contribution in [0.1, 0.15) is 23.0 Å². The van der Waals surface area contributed by atoms with Crippen LogP contribution in [-0.4, -0.2) is 15.5 Å². The van der Waals surface area contributed by atoms with Gasteiger partial charge in [-0.3, -0.25) is 4.79 Å². The quantitative estimate of drug-likeness (QED) is 0.842. The third kappa shape index (κ3) is 1.57. The molecule has 4 nitrogen and oxygen atoms in total. The molecule has 0 spiro atoms. The van der Waals surface area contributed by atoms with Crippen LogP contribution in [0.5, 0.6) is 0 Å². The van der Waals surface area contributed by atoms with E-state index in [-0.39, 0.29) is 0 Å². The molecule has 2 heterocycles. The summed E-state index contributed by atoms with van der Waals surface area (Å²) in [6.45, 7) is 1.93. The first-order chi connectivity index (χ1) is 7.13. The summed E-state index contributed by atoms with van der Waals surface area (Å²) in [5.41, 5.74) is 7.13. The monoisotopic (exact) mass is 223 g/mol. The lowest BCUT2D eigenvalue weighted by molar-refractivity contribution is 0.100. The molecule has 0 unspecified atom stereocenters. The van der Waals surface area contributed by atoms with Gasteiger partial charge in [-0.25, -0.2) is 4.52 Å². The van der Waals surface area contributed by atoms with Gasteiger partial charge in [0.15, 0.2) is 0 Å². The first-order valence-electron chi connectivity index (χ1n) is 4.60. The van der Waals surface area contributed by atoms with Crippen LogP contribution >= 0.6 is 11.6 Å². The zero-order valence-corrected chi connectivity index (χ0v) is 8.95. The van der Waals surface area contributed by atoms with Gasteiger partial charge in [0.05, 0.1) is 16.8 Å². The number of aryl methyl sites for hydroxylation is 1. The summed E-state index contributed by atoms with van der Waals surface area (Å²) < 4.78 is 1.62. The number of nitrogens with two attached hydrogens (primary N) is 1. The second kappa shape index (κ2) is 3.55. The van der Waals surface area contributed by atoms with Gasteiger partial charge >= 0.3 is 0 Å². The maximum absolute atomic E-state index is 11.3. The number of hydrogen-bond acceptors (Lipinski definition) is 2. The summed E-state index contributed by atoms with van der Waals surface area (Å²) in [6, 6.07) is 3.40. The number of pyridine rings is 1. The second-order valence-corrected chi connectivity index (χ2v) is 3.65. The Hall–Kier alpha value is -1.55. The summed E-state index contributed by atoms with van der Waals surface area (Å²) in [6.07, 6.45) is 2.38. The van der Waals surface area contributed by atoms with Crippen molar-refractivity contribution in [3.8, 4) is 0 Å². The van der Waals surface area contributed by atoms with E-state index in [4.69, 9.17) is 17.3 Å². The van der Waals surface area contributed by atoms with Crippen molar-refractivity contribution in [2.75, 3.05) is 0 Å². The summed E-state index contributed by atoms with van der Waals surface area (Å²) in [5.74, 6) is -0.468. The number of nitrogens with zero attached hydrogens (tertiary/aromatic N) is 2. The van der Waals surface area contributed by atoms with Crippen molar-refractivity contribution < 1.29 is 4.79 Å². The van der Waals surface area contributed by atoms with Gasteiger partial charge in [-0.15, -0.1) is 0 Å². The SMILES string of the molecule is CCc1nn2ccc(Cl)cc2c1C(N)=O. The molecule has 0 aromatic carbocycles. The predicted octanol–water partition coefficient (Wildman–Crippen LogP) is 1.65. The highest BCUT2D eigenvalue weighted by molar-refractivity contribution is 6.31. The number of fused-ring (bicyclic) bond motifs is 1. The Morgan fingerprint density at radius 2 is 2.40 bits per heavy atom. The van der Waals surface area contributed by atoms with Crippen LogP contribution in [0.15, 0.2) is 18.3 Å². The zero-order valence-electron chi connectivity index (χ0n) is 8.20. The van der Waals surface area contributed by atoms with E-state index in [1.54, 1.807) is 22.8 Å². The third-order valence-electron chi connectivity index (χ3n) is 2.25. The summed E-state index contributed by atoms with van der Waals surface area (Å²) >= 11 is 5.85. The third-order valence-corrected chi connectivity index (χ3v) is 2.49. The average Bonchev–Trinajstić information content (AvgIpc) is 2.55. The van der Waals surface area contributed by atoms with Gasteiger partial charge in [-0.05, 0) is 18.6 Å². The summed E-state index contributed by atoms with van der Waals surface area (Å²) in [7, 11) is 0. The molecule has 0 bridgehead atoms. The molecule has 0 aliphatic rings. The number of hydrogen-bond donors (Lipinski definition) is 1. The van der Waals surface area contributed by atoms with Gasteiger partial charge in [0, 0.05) is 11.2 Å². The molecule has 0 saturated heterocycles. The van der Waals surface area contributed by atoms with Crippen molar-refractivity contribution in [2.45, 2.75) is 13.3 Å². The van der Waals surface area contributed by atoms with Crippen molar-refractivity contribution in [1.29, 1.82) is 0 Å². The predicted molar refractivity (Wildman–Crippen MR) is 58.1 cm³/mol. The van der Waals surface area contributed by atoms with Crippen molar-refractivity contribution in [1.82, 2.24) is 9.61 Å². The molecule has 0 aliphatic heterocycles. The van der Waals surface area contributed by atoms with E-state index in [1.807, 2.05) is 6.92 Å². The van der Waals surface area contributed by atoms with E-state index >= 15 is 0 Å². The Morgan fingerprint density at radius 3 is 3.00 bits per heavy atom. The molecule has 2 aromatic rings. The number of rotatable bonds is 2. The molecule has 0 radical (unpaired) electrons. The van der Waals surface area contributed by atoms with Gasteiger partial charge in [-0.1, -0.05) is 18.5 Å². The van der Waals surface area contributed by atoms with Crippen LogP contribution in [0.2, 0.25) is 5.02 Å². The number of aromatic nitrogens is 2. The molecule has 0 atom stereocenters. The van der Waals surface area contributed by atoms with E-state index in [9.17, 15) is 4.79 Å². The largest absolute Gasteiger partial charge is 0.365 e. The Bertz CT molecular complexity index is 533. The molecule has 2 N–H and O–H groups in total. The topological polar surface area (TPSA) is 60.4 Å². The zero-order chi connectivity index (χ0) is 11.0. The highest BCUT2D eigenvalue weighted by Gasteiger charge is 2.15. The molecule has 15 heavy (non-hydrogen) atoms. The van der Waals surface area contributed by atoms with E-state index in [0.29, 0.717) is 28.2 Å². The fourth-order valence-electron chi connectivity index (χ4n) is 1.58. The molecule has 1 amide bonds. The number of halogens is 1. The molecular weight excluding hydrogens is 214 g/mol. The Morgan fingerprint density at radius 1 is 1.67 bits per heavy atom. The van der Waals surface area contributed by atoms with Crippen LogP contribution in [0.25, 0.3) is 5.52 Å². The van der Waals surface area contributed by atoms with Crippen LogP contribution in [-0.2, 0) is 6.42 Å². The minimum Gasteiger partial charge on any atom is -0.365 e. The minimum absolute atomic E-state index is 0.458. The Labute approximate surface area is 91.6 Å². The highest BCUT2D eigenvalue weighted by atomic mass is 35.5. The average molecular weight is 224 g/mol. The summed E-state index contributed by atoms with van der Waals surface area (Å²) in [4.78, 5) is 11.3. The first kappa shape index (κ1) is 9.98. The second-order valence-electron chi connectivity index (χ2n) is 3.21. The molecule has 0 aliphatic carbocycles. The van der Waals surface area contributed by atoms with Crippen molar-refractivity contribution >= 4 is 23.0 Å². The number of carbonyl (C=O) groups excluding carboxylic acids is 1. The molecule has 0 saturated carbocycles. The lowest BCUT2D eigenvalue weighted by Gasteiger charge is -1.95. The Kier molecular flexibility index (Phi) is 2.36. The van der Waals surface area contributed by atoms with Crippen molar-refractivity contribution in [3.63, 3.8) is 0 Å². The molecule has 2 rings (SSSR count). The van der Waals surface area contributed by atoms with Gasteiger partial charge < -0.3 is 5.73 Å². The molecule has 0 fully saturated rings. The lowest BCUT2D eigenvalue weighted by Crippen LogP contribution is -2.12. The van der Waals surface area contributed by atoms with Crippen LogP contribution in [0, 0.1) is 0 Å². The van der Waals surface area contributed by atoms with Gasteiger partial charge in [0.1, 0.15) is 0 Å². The molecule has 5 heteroatoms. The summed E-state index contributed by atoms with van der Waals surface area (Å²) in [5, 5.41) is 4.81. The Balaban J connectivity index is 2.82. The highest BCUT2D eigenvalue weighted by Crippen LogP contribution is 2.19. The lowest BCUT2D eigenvalue weighted by atomic mass is 10.1. The smallest absolute Gasteiger partial charge is 0.252 e. The van der Waals surface area contributed by atoms with Gasteiger partial charge in [-0.2, -0.15) is 5.10 Å². The maximum atomic E-state index is 11.3. The molecular formula is C10H10ClN3O. The van der Waals surface area contributed by atoms with Gasteiger partial charge in [0.2, 0.25) is 0 Å². The van der Waals surface area contributed by atoms with Crippen molar-refractivity contribution in [3.05, 3.63) is 34.6 Å². The van der Waals surface area contributed by atoms with Gasteiger partial charge in [0.25, 0.3) is 5.91 Å². The molecule has 2 aromatic heterocycles. The minimum atomic E-state index is -0.468. The van der Waals surface area contributed by atoms with E-state index in [2.05, 4.69) is 5.10 Å². The molecule has 78 valence electrons.